The number of hydrogen-bond acceptors (Lipinski definition) is 3. The second kappa shape index (κ2) is 8.28. The number of aliphatic imine (C=N–C) groups is 1. The lowest BCUT2D eigenvalue weighted by molar-refractivity contribution is 0.214. The number of hydrogen-bond donors (Lipinski definition) is 1. The van der Waals surface area contributed by atoms with Crippen LogP contribution in [0.5, 0.6) is 0 Å². The Morgan fingerprint density at radius 2 is 2.19 bits per heavy atom. The molecule has 21 heavy (non-hydrogen) atoms. The number of nitrogens with one attached hydrogen (secondary N) is 1. The Labute approximate surface area is 134 Å². The Bertz CT molecular complexity index is 339. The van der Waals surface area contributed by atoms with Crippen molar-refractivity contribution >= 4 is 17.7 Å². The molecule has 0 bridgehead atoms. The minimum atomic E-state index is 0.650. The van der Waals surface area contributed by atoms with Crippen molar-refractivity contribution in [2.45, 2.75) is 57.4 Å². The molecule has 1 saturated carbocycles. The first-order valence-electron chi connectivity index (χ1n) is 8.48. The van der Waals surface area contributed by atoms with Crippen molar-refractivity contribution < 1.29 is 0 Å². The second-order valence-corrected chi connectivity index (χ2v) is 7.79. The minimum absolute atomic E-state index is 0.650. The van der Waals surface area contributed by atoms with Gasteiger partial charge in [0.2, 0.25) is 0 Å². The molecule has 122 valence electrons. The van der Waals surface area contributed by atoms with Crippen molar-refractivity contribution in [2.24, 2.45) is 4.99 Å². The maximum Gasteiger partial charge on any atom is 0.193 e. The lowest BCUT2D eigenvalue weighted by Gasteiger charge is -2.35. The van der Waals surface area contributed by atoms with Gasteiger partial charge in [-0.1, -0.05) is 6.92 Å². The van der Waals surface area contributed by atoms with Crippen LogP contribution in [0, 0.1) is 0 Å². The Morgan fingerprint density at radius 1 is 1.43 bits per heavy atom. The molecule has 0 radical (unpaired) electrons. The number of thioether (sulfide) groups is 1. The molecule has 1 heterocycles. The summed E-state index contributed by atoms with van der Waals surface area (Å²) in [6, 6.07) is 1.49. The molecule has 0 aromatic rings. The fourth-order valence-corrected chi connectivity index (χ4v) is 4.24. The predicted molar refractivity (Wildman–Crippen MR) is 94.3 cm³/mol. The van der Waals surface area contributed by atoms with Crippen molar-refractivity contribution in [1.29, 1.82) is 0 Å². The standard InChI is InChI=1S/C16H32N4S/c1-5-15-12-19(10-11-21-15)16(17-4)18-8-9-20(13(2)3)14-6-7-14/h13-15H,5-12H2,1-4H3,(H,17,18). The van der Waals surface area contributed by atoms with Crippen molar-refractivity contribution in [3.8, 4) is 0 Å². The summed E-state index contributed by atoms with van der Waals surface area (Å²) in [5.41, 5.74) is 0. The van der Waals surface area contributed by atoms with E-state index in [1.807, 2.05) is 7.05 Å². The van der Waals surface area contributed by atoms with Gasteiger partial charge in [-0.3, -0.25) is 9.89 Å². The molecule has 1 atom stereocenters. The molecule has 2 rings (SSSR count). The van der Waals surface area contributed by atoms with Crippen molar-refractivity contribution in [1.82, 2.24) is 15.1 Å². The molecular formula is C16H32N4S. The van der Waals surface area contributed by atoms with Crippen LogP contribution >= 0.6 is 11.8 Å². The number of guanidine groups is 1. The van der Waals surface area contributed by atoms with Gasteiger partial charge in [0.1, 0.15) is 0 Å². The lowest BCUT2D eigenvalue weighted by atomic mass is 10.3. The number of rotatable bonds is 6. The summed E-state index contributed by atoms with van der Waals surface area (Å²) in [4.78, 5) is 9.54. The Kier molecular flexibility index (Phi) is 6.68. The van der Waals surface area contributed by atoms with Gasteiger partial charge < -0.3 is 10.2 Å². The van der Waals surface area contributed by atoms with E-state index in [1.54, 1.807) is 0 Å². The normalized spacial score (nSPS) is 24.0. The van der Waals surface area contributed by atoms with E-state index in [4.69, 9.17) is 0 Å². The zero-order valence-corrected chi connectivity index (χ0v) is 15.0. The zero-order valence-electron chi connectivity index (χ0n) is 14.1. The van der Waals surface area contributed by atoms with E-state index < -0.39 is 0 Å². The van der Waals surface area contributed by atoms with Crippen LogP contribution in [0.1, 0.15) is 40.0 Å². The highest BCUT2D eigenvalue weighted by atomic mass is 32.2. The summed E-state index contributed by atoms with van der Waals surface area (Å²) in [5.74, 6) is 2.31. The van der Waals surface area contributed by atoms with E-state index in [-0.39, 0.29) is 0 Å². The Morgan fingerprint density at radius 3 is 2.76 bits per heavy atom. The minimum Gasteiger partial charge on any atom is -0.355 e. The molecule has 5 heteroatoms. The summed E-state index contributed by atoms with van der Waals surface area (Å²) in [6.07, 6.45) is 4.02. The average Bonchev–Trinajstić information content (AvgIpc) is 3.31. The van der Waals surface area contributed by atoms with Crippen LogP contribution in [0.3, 0.4) is 0 Å². The average molecular weight is 313 g/mol. The summed E-state index contributed by atoms with van der Waals surface area (Å²) in [7, 11) is 1.91. The van der Waals surface area contributed by atoms with Crippen molar-refractivity contribution in [2.75, 3.05) is 39.0 Å². The third-order valence-electron chi connectivity index (χ3n) is 4.44. The molecule has 1 aliphatic carbocycles. The first-order chi connectivity index (χ1) is 10.2. The first kappa shape index (κ1) is 16.9. The molecule has 0 aromatic carbocycles. The summed E-state index contributed by atoms with van der Waals surface area (Å²) in [6.45, 7) is 11.3. The molecule has 1 saturated heterocycles. The van der Waals surface area contributed by atoms with Crippen molar-refractivity contribution in [3.05, 3.63) is 0 Å². The summed E-state index contributed by atoms with van der Waals surface area (Å²) >= 11 is 2.11. The van der Waals surface area contributed by atoms with Gasteiger partial charge in [0.05, 0.1) is 0 Å². The van der Waals surface area contributed by atoms with E-state index in [0.29, 0.717) is 6.04 Å². The fourth-order valence-electron chi connectivity index (χ4n) is 3.06. The largest absolute Gasteiger partial charge is 0.355 e. The van der Waals surface area contributed by atoms with E-state index in [0.717, 1.165) is 43.4 Å². The molecular weight excluding hydrogens is 280 g/mol. The van der Waals surface area contributed by atoms with Crippen LogP contribution in [-0.2, 0) is 0 Å². The summed E-state index contributed by atoms with van der Waals surface area (Å²) < 4.78 is 0. The Hall–Kier alpha value is -0.420. The van der Waals surface area contributed by atoms with E-state index in [9.17, 15) is 0 Å². The topological polar surface area (TPSA) is 30.9 Å². The molecule has 0 amide bonds. The Balaban J connectivity index is 1.77. The molecule has 2 fully saturated rings. The highest BCUT2D eigenvalue weighted by molar-refractivity contribution is 8.00. The molecule has 0 aromatic heterocycles. The SMILES string of the molecule is CCC1CN(C(=NC)NCCN(C(C)C)C2CC2)CCS1. The first-order valence-corrected chi connectivity index (χ1v) is 9.53. The van der Waals surface area contributed by atoms with Gasteiger partial charge in [-0.2, -0.15) is 11.8 Å². The maximum absolute atomic E-state index is 4.49. The number of nitrogens with zero attached hydrogens (tertiary/aromatic N) is 3. The van der Waals surface area contributed by atoms with Gasteiger partial charge in [-0.15, -0.1) is 0 Å². The van der Waals surface area contributed by atoms with E-state index in [2.05, 4.69) is 52.6 Å². The van der Waals surface area contributed by atoms with Gasteiger partial charge in [0.25, 0.3) is 0 Å². The molecule has 4 nitrogen and oxygen atoms in total. The van der Waals surface area contributed by atoms with Crippen LogP contribution in [-0.4, -0.2) is 72.1 Å². The van der Waals surface area contributed by atoms with Crippen LogP contribution in [0.4, 0.5) is 0 Å². The van der Waals surface area contributed by atoms with E-state index >= 15 is 0 Å². The zero-order chi connectivity index (χ0) is 15.2. The van der Waals surface area contributed by atoms with Gasteiger partial charge in [0, 0.05) is 56.3 Å². The second-order valence-electron chi connectivity index (χ2n) is 6.38. The monoisotopic (exact) mass is 312 g/mol. The smallest absolute Gasteiger partial charge is 0.193 e. The quantitative estimate of drug-likeness (QED) is 0.602. The van der Waals surface area contributed by atoms with Gasteiger partial charge in [-0.25, -0.2) is 0 Å². The highest BCUT2D eigenvalue weighted by Gasteiger charge is 2.30. The third-order valence-corrected chi connectivity index (χ3v) is 5.81. The van der Waals surface area contributed by atoms with Gasteiger partial charge >= 0.3 is 0 Å². The molecule has 1 aliphatic heterocycles. The van der Waals surface area contributed by atoms with Crippen molar-refractivity contribution in [3.63, 3.8) is 0 Å². The summed E-state index contributed by atoms with van der Waals surface area (Å²) in [5, 5.41) is 4.34. The van der Waals surface area contributed by atoms with Crippen LogP contribution in [0.2, 0.25) is 0 Å². The predicted octanol–water partition coefficient (Wildman–Crippen LogP) is 2.26. The van der Waals surface area contributed by atoms with Crippen LogP contribution in [0.25, 0.3) is 0 Å². The van der Waals surface area contributed by atoms with Gasteiger partial charge in [-0.05, 0) is 33.1 Å². The van der Waals surface area contributed by atoms with E-state index in [1.165, 1.54) is 25.0 Å². The highest BCUT2D eigenvalue weighted by Crippen LogP contribution is 2.28. The van der Waals surface area contributed by atoms with Crippen LogP contribution < -0.4 is 5.32 Å². The molecule has 1 unspecified atom stereocenters. The maximum atomic E-state index is 4.49. The van der Waals surface area contributed by atoms with Crippen LogP contribution in [0.15, 0.2) is 4.99 Å². The van der Waals surface area contributed by atoms with Gasteiger partial charge in [0.15, 0.2) is 5.96 Å². The lowest BCUT2D eigenvalue weighted by Crippen LogP contribution is -2.49. The third kappa shape index (κ3) is 5.06. The molecule has 0 spiro atoms. The molecule has 1 N–H and O–H groups in total. The fraction of sp³-hybridized carbons (Fsp3) is 0.938. The molecule has 2 aliphatic rings.